The van der Waals surface area contributed by atoms with E-state index in [1.165, 1.54) is 47.0 Å². The highest BCUT2D eigenvalue weighted by molar-refractivity contribution is 8.20. The standard InChI is InChI=1S/C10H14O2S4/c1-13-7-3-5(11)9(15-7)10-6(12)4-8(14-2)16-10/h7-10H,3-4H2,1-2H3/i9D,10D. The van der Waals surface area contributed by atoms with E-state index in [-0.39, 0.29) is 33.6 Å². The van der Waals surface area contributed by atoms with Crippen molar-refractivity contribution in [3.63, 3.8) is 0 Å². The molecular formula is C10H14O2S4. The van der Waals surface area contributed by atoms with E-state index in [9.17, 15) is 9.59 Å². The molecule has 0 spiro atoms. The van der Waals surface area contributed by atoms with Crippen LogP contribution >= 0.6 is 47.0 Å². The van der Waals surface area contributed by atoms with Gasteiger partial charge in [0.05, 0.1) is 22.4 Å². The van der Waals surface area contributed by atoms with Crippen molar-refractivity contribution >= 4 is 58.6 Å². The number of hydrogen-bond acceptors (Lipinski definition) is 6. The second-order valence-corrected chi connectivity index (χ2v) is 8.58. The van der Waals surface area contributed by atoms with Crippen molar-refractivity contribution in [2.24, 2.45) is 0 Å². The van der Waals surface area contributed by atoms with Crippen LogP contribution in [0.5, 0.6) is 0 Å². The first-order valence-electron chi connectivity index (χ1n) is 5.85. The summed E-state index contributed by atoms with van der Waals surface area (Å²) in [6.07, 6.45) is 4.35. The number of carbonyl (C=O) groups excluding carboxylic acids is 2. The average molecular weight is 297 g/mol. The maximum absolute atomic E-state index is 12.1. The highest BCUT2D eigenvalue weighted by Crippen LogP contribution is 2.47. The van der Waals surface area contributed by atoms with Gasteiger partial charge in [0.15, 0.2) is 0 Å². The summed E-state index contributed by atoms with van der Waals surface area (Å²) in [4.78, 5) is 24.2. The van der Waals surface area contributed by atoms with Gasteiger partial charge < -0.3 is 0 Å². The molecule has 0 aromatic heterocycles. The van der Waals surface area contributed by atoms with E-state index in [0.717, 1.165) is 0 Å². The molecule has 0 radical (unpaired) electrons. The van der Waals surface area contributed by atoms with E-state index >= 15 is 0 Å². The van der Waals surface area contributed by atoms with Crippen LogP contribution in [0.3, 0.4) is 0 Å². The van der Waals surface area contributed by atoms with Crippen LogP contribution in [0.15, 0.2) is 0 Å². The van der Waals surface area contributed by atoms with Crippen LogP contribution < -0.4 is 0 Å². The Hall–Kier alpha value is 0.740. The Bertz CT molecular complexity index is 358. The molecule has 2 nitrogen and oxygen atoms in total. The molecule has 0 N–H and O–H groups in total. The van der Waals surface area contributed by atoms with Crippen molar-refractivity contribution in [2.45, 2.75) is 32.5 Å². The molecular weight excluding hydrogens is 280 g/mol. The highest BCUT2D eigenvalue weighted by Gasteiger charge is 2.45. The van der Waals surface area contributed by atoms with Crippen LogP contribution in [0.25, 0.3) is 0 Å². The van der Waals surface area contributed by atoms with Gasteiger partial charge in [-0.3, -0.25) is 9.59 Å². The Balaban J connectivity index is 2.30. The first-order chi connectivity index (χ1) is 8.37. The Kier molecular flexibility index (Phi) is 3.72. The maximum atomic E-state index is 12.1. The Labute approximate surface area is 116 Å². The SMILES string of the molecule is [2H]C1(C2([2H])SC(SC)CC2=O)SC(SC)CC1=O. The van der Waals surface area contributed by atoms with E-state index in [1.807, 2.05) is 12.5 Å². The second-order valence-electron chi connectivity index (χ2n) is 3.48. The first-order valence-corrected chi connectivity index (χ1v) is 9.18. The number of thioether (sulfide) groups is 4. The smallest absolute Gasteiger partial charge is 0.149 e. The molecule has 2 saturated heterocycles. The topological polar surface area (TPSA) is 34.1 Å². The van der Waals surface area contributed by atoms with Gasteiger partial charge in [-0.25, -0.2) is 0 Å². The molecule has 90 valence electrons. The molecule has 0 saturated carbocycles. The molecule has 2 aliphatic heterocycles. The number of carbonyl (C=O) groups is 2. The third kappa shape index (κ3) is 2.60. The molecule has 4 unspecified atom stereocenters. The minimum absolute atomic E-state index is 0.000968. The van der Waals surface area contributed by atoms with Crippen molar-refractivity contribution in [2.75, 3.05) is 12.5 Å². The van der Waals surface area contributed by atoms with Crippen LogP contribution in [-0.4, -0.2) is 43.7 Å². The van der Waals surface area contributed by atoms with E-state index in [1.54, 1.807) is 0 Å². The van der Waals surface area contributed by atoms with Crippen molar-refractivity contribution in [3.05, 3.63) is 0 Å². The first kappa shape index (κ1) is 10.6. The second kappa shape index (κ2) is 5.59. The molecule has 6 heteroatoms. The summed E-state index contributed by atoms with van der Waals surface area (Å²) in [6, 6.07) is 0. The summed E-state index contributed by atoms with van der Waals surface area (Å²) in [6.45, 7) is 0. The predicted molar refractivity (Wildman–Crippen MR) is 76.6 cm³/mol. The summed E-state index contributed by atoms with van der Waals surface area (Å²) in [5.41, 5.74) is 0. The molecule has 4 atom stereocenters. The molecule has 2 heterocycles. The molecule has 0 aromatic carbocycles. The number of hydrogen-bond donors (Lipinski definition) is 0. The van der Waals surface area contributed by atoms with Gasteiger partial charge in [0.2, 0.25) is 0 Å². The van der Waals surface area contributed by atoms with Crippen molar-refractivity contribution in [1.29, 1.82) is 0 Å². The van der Waals surface area contributed by atoms with Crippen molar-refractivity contribution in [3.8, 4) is 0 Å². The predicted octanol–water partition coefficient (Wildman–Crippen LogP) is 2.51. The number of Topliss-reactive ketones (excluding diaryl/α,β-unsaturated/α-hetero) is 2. The van der Waals surface area contributed by atoms with Gasteiger partial charge in [0.1, 0.15) is 11.6 Å². The Morgan fingerprint density at radius 1 is 1.06 bits per heavy atom. The lowest BCUT2D eigenvalue weighted by Gasteiger charge is -2.14. The largest absolute Gasteiger partial charge is 0.298 e. The number of ketones is 2. The minimum atomic E-state index is -1.63. The van der Waals surface area contributed by atoms with Gasteiger partial charge in [0.25, 0.3) is 0 Å². The number of rotatable bonds is 3. The van der Waals surface area contributed by atoms with Gasteiger partial charge >= 0.3 is 0 Å². The zero-order valence-corrected chi connectivity index (χ0v) is 12.3. The monoisotopic (exact) mass is 296 g/mol. The lowest BCUT2D eigenvalue weighted by molar-refractivity contribution is -0.122. The van der Waals surface area contributed by atoms with Crippen molar-refractivity contribution < 1.29 is 12.3 Å². The minimum Gasteiger partial charge on any atom is -0.298 e. The van der Waals surface area contributed by atoms with Crippen LogP contribution in [-0.2, 0) is 9.59 Å². The fourth-order valence-electron chi connectivity index (χ4n) is 1.59. The van der Waals surface area contributed by atoms with E-state index < -0.39 is 10.5 Å². The van der Waals surface area contributed by atoms with Gasteiger partial charge in [0, 0.05) is 12.8 Å². The summed E-state index contributed by atoms with van der Waals surface area (Å²) in [5, 5.41) is -3.26. The van der Waals surface area contributed by atoms with E-state index in [2.05, 4.69) is 0 Å². The molecule has 16 heavy (non-hydrogen) atoms. The summed E-state index contributed by atoms with van der Waals surface area (Å²) >= 11 is 5.38. The Morgan fingerprint density at radius 3 is 1.69 bits per heavy atom. The van der Waals surface area contributed by atoms with Crippen molar-refractivity contribution in [1.82, 2.24) is 0 Å². The van der Waals surface area contributed by atoms with Gasteiger partial charge in [-0.05, 0) is 12.5 Å². The summed E-state index contributed by atoms with van der Waals surface area (Å²) in [5.74, 6) is -0.547. The quantitative estimate of drug-likeness (QED) is 0.796. The lowest BCUT2D eigenvalue weighted by atomic mass is 10.1. The van der Waals surface area contributed by atoms with Crippen LogP contribution in [0, 0.1) is 0 Å². The maximum Gasteiger partial charge on any atom is 0.149 e. The van der Waals surface area contributed by atoms with Crippen LogP contribution in [0.4, 0.5) is 0 Å². The molecule has 0 amide bonds. The van der Waals surface area contributed by atoms with Crippen LogP contribution in [0.1, 0.15) is 15.6 Å². The fraction of sp³-hybridized carbons (Fsp3) is 0.800. The highest BCUT2D eigenvalue weighted by atomic mass is 32.2. The van der Waals surface area contributed by atoms with E-state index in [0.29, 0.717) is 0 Å². The summed E-state index contributed by atoms with van der Waals surface area (Å²) < 4.78 is 16.7. The van der Waals surface area contributed by atoms with Gasteiger partial charge in [-0.15, -0.1) is 23.5 Å². The molecule has 0 aromatic rings. The normalized spacial score (nSPS) is 50.6. The molecule has 2 fully saturated rings. The van der Waals surface area contributed by atoms with Gasteiger partial charge in [-0.1, -0.05) is 0 Å². The Morgan fingerprint density at radius 2 is 1.44 bits per heavy atom. The molecule has 0 bridgehead atoms. The average Bonchev–Trinajstić information content (AvgIpc) is 2.80. The van der Waals surface area contributed by atoms with Gasteiger partial charge in [-0.2, -0.15) is 23.5 Å². The summed E-state index contributed by atoms with van der Waals surface area (Å²) in [7, 11) is 0. The lowest BCUT2D eigenvalue weighted by Crippen LogP contribution is -2.28. The van der Waals surface area contributed by atoms with Crippen LogP contribution in [0.2, 0.25) is 0 Å². The molecule has 0 aliphatic carbocycles. The zero-order chi connectivity index (χ0) is 13.6. The molecule has 2 aliphatic rings. The fourth-order valence-corrected chi connectivity index (χ4v) is 5.73. The molecule has 2 rings (SSSR count). The third-order valence-corrected chi connectivity index (χ3v) is 7.88. The van der Waals surface area contributed by atoms with E-state index in [4.69, 9.17) is 2.74 Å². The third-order valence-electron chi connectivity index (χ3n) is 2.44. The zero-order valence-electron chi connectivity index (χ0n) is 11.0.